The SMILES string of the molecule is C#CCNC(=NCc1ccc(F)cc1CSC)NCC. The molecule has 20 heavy (non-hydrogen) atoms. The number of hydrogen-bond donors (Lipinski definition) is 2. The molecule has 1 rings (SSSR count). The molecule has 5 heteroatoms. The monoisotopic (exact) mass is 293 g/mol. The molecule has 1 aromatic rings. The smallest absolute Gasteiger partial charge is 0.192 e. The maximum atomic E-state index is 13.3. The van der Waals surface area contributed by atoms with E-state index in [-0.39, 0.29) is 5.82 Å². The van der Waals surface area contributed by atoms with Crippen molar-refractivity contribution >= 4 is 17.7 Å². The number of benzene rings is 1. The second kappa shape index (κ2) is 9.27. The molecule has 0 saturated carbocycles. The van der Waals surface area contributed by atoms with E-state index in [1.807, 2.05) is 13.2 Å². The highest BCUT2D eigenvalue weighted by atomic mass is 32.2. The average molecular weight is 293 g/mol. The van der Waals surface area contributed by atoms with E-state index in [0.29, 0.717) is 19.0 Å². The number of rotatable bonds is 6. The number of halogens is 1. The standard InChI is InChI=1S/C15H20FN3S/c1-4-8-18-15(17-5-2)19-10-12-6-7-14(16)9-13(12)11-20-3/h1,6-7,9H,5,8,10-11H2,2-3H3,(H2,17,18,19). The number of guanidine groups is 1. The Bertz CT molecular complexity index is 494. The van der Waals surface area contributed by atoms with Gasteiger partial charge in [-0.1, -0.05) is 12.0 Å². The Hall–Kier alpha value is -1.67. The highest BCUT2D eigenvalue weighted by molar-refractivity contribution is 7.97. The summed E-state index contributed by atoms with van der Waals surface area (Å²) in [7, 11) is 0. The Labute approximate surface area is 124 Å². The molecule has 0 aliphatic rings. The Balaban J connectivity index is 2.82. The molecule has 0 aromatic heterocycles. The first-order chi connectivity index (χ1) is 9.71. The maximum absolute atomic E-state index is 13.3. The van der Waals surface area contributed by atoms with Gasteiger partial charge >= 0.3 is 0 Å². The van der Waals surface area contributed by atoms with Crippen molar-refractivity contribution in [2.45, 2.75) is 19.2 Å². The van der Waals surface area contributed by atoms with Crippen molar-refractivity contribution in [1.29, 1.82) is 0 Å². The normalized spacial score (nSPS) is 11.0. The van der Waals surface area contributed by atoms with Crippen molar-refractivity contribution in [1.82, 2.24) is 10.6 Å². The lowest BCUT2D eigenvalue weighted by molar-refractivity contribution is 0.625. The molecule has 0 bridgehead atoms. The third kappa shape index (κ3) is 5.54. The number of thioether (sulfide) groups is 1. The summed E-state index contributed by atoms with van der Waals surface area (Å²) in [5.74, 6) is 3.75. The van der Waals surface area contributed by atoms with E-state index in [0.717, 1.165) is 23.4 Å². The van der Waals surface area contributed by atoms with Gasteiger partial charge < -0.3 is 10.6 Å². The van der Waals surface area contributed by atoms with Gasteiger partial charge in [0.15, 0.2) is 5.96 Å². The summed E-state index contributed by atoms with van der Waals surface area (Å²) < 4.78 is 13.3. The van der Waals surface area contributed by atoms with Crippen molar-refractivity contribution in [2.24, 2.45) is 4.99 Å². The van der Waals surface area contributed by atoms with Gasteiger partial charge in [0.1, 0.15) is 5.82 Å². The molecule has 3 nitrogen and oxygen atoms in total. The number of nitrogens with zero attached hydrogens (tertiary/aromatic N) is 1. The Morgan fingerprint density at radius 1 is 1.40 bits per heavy atom. The van der Waals surface area contributed by atoms with E-state index in [1.165, 1.54) is 6.07 Å². The van der Waals surface area contributed by atoms with Crippen molar-refractivity contribution in [3.05, 3.63) is 35.1 Å². The summed E-state index contributed by atoms with van der Waals surface area (Å²) in [6.07, 6.45) is 7.22. The predicted molar refractivity (Wildman–Crippen MR) is 85.3 cm³/mol. The Kier molecular flexibility index (Phi) is 7.59. The van der Waals surface area contributed by atoms with Gasteiger partial charge in [-0.25, -0.2) is 9.38 Å². The fraction of sp³-hybridized carbons (Fsp3) is 0.400. The van der Waals surface area contributed by atoms with E-state index in [4.69, 9.17) is 6.42 Å². The number of aliphatic imine (C=N–C) groups is 1. The van der Waals surface area contributed by atoms with E-state index in [9.17, 15) is 4.39 Å². The molecule has 0 aliphatic heterocycles. The molecule has 0 unspecified atom stereocenters. The molecule has 0 radical (unpaired) electrons. The van der Waals surface area contributed by atoms with Crippen LogP contribution in [0.1, 0.15) is 18.1 Å². The topological polar surface area (TPSA) is 36.4 Å². The molecule has 0 spiro atoms. The highest BCUT2D eigenvalue weighted by Crippen LogP contribution is 2.17. The van der Waals surface area contributed by atoms with Crippen molar-refractivity contribution < 1.29 is 4.39 Å². The fourth-order valence-electron chi connectivity index (χ4n) is 1.68. The molecule has 0 amide bonds. The number of nitrogens with one attached hydrogen (secondary N) is 2. The quantitative estimate of drug-likeness (QED) is 0.480. The molecule has 0 aliphatic carbocycles. The number of terminal acetylenes is 1. The summed E-state index contributed by atoms with van der Waals surface area (Å²) in [6.45, 7) is 3.67. The summed E-state index contributed by atoms with van der Waals surface area (Å²) in [5, 5.41) is 6.14. The van der Waals surface area contributed by atoms with Gasteiger partial charge in [0.05, 0.1) is 13.1 Å². The third-order valence-corrected chi connectivity index (χ3v) is 3.18. The number of hydrogen-bond acceptors (Lipinski definition) is 2. The molecule has 1 aromatic carbocycles. The molecule has 0 heterocycles. The molecule has 2 N–H and O–H groups in total. The van der Waals surface area contributed by atoms with Gasteiger partial charge in [-0.15, -0.1) is 6.42 Å². The van der Waals surface area contributed by atoms with E-state index < -0.39 is 0 Å². The minimum absolute atomic E-state index is 0.209. The van der Waals surface area contributed by atoms with Gasteiger partial charge in [-0.3, -0.25) is 0 Å². The van der Waals surface area contributed by atoms with Crippen molar-refractivity contribution in [2.75, 3.05) is 19.3 Å². The van der Waals surface area contributed by atoms with Gasteiger partial charge in [0.2, 0.25) is 0 Å². The average Bonchev–Trinajstić information content (AvgIpc) is 2.44. The first-order valence-corrected chi connectivity index (χ1v) is 7.82. The van der Waals surface area contributed by atoms with Crippen LogP contribution in [0.15, 0.2) is 23.2 Å². The van der Waals surface area contributed by atoms with Crippen LogP contribution in [0.5, 0.6) is 0 Å². The first-order valence-electron chi connectivity index (χ1n) is 6.43. The molecule has 0 atom stereocenters. The van der Waals surface area contributed by atoms with Crippen LogP contribution < -0.4 is 10.6 Å². The van der Waals surface area contributed by atoms with Crippen molar-refractivity contribution in [3.8, 4) is 12.3 Å². The zero-order valence-corrected chi connectivity index (χ0v) is 12.7. The lowest BCUT2D eigenvalue weighted by Crippen LogP contribution is -2.37. The van der Waals surface area contributed by atoms with Crippen LogP contribution in [-0.4, -0.2) is 25.3 Å². The molecular weight excluding hydrogens is 273 g/mol. The summed E-state index contributed by atoms with van der Waals surface area (Å²) in [4.78, 5) is 4.46. The van der Waals surface area contributed by atoms with E-state index in [2.05, 4.69) is 21.5 Å². The Morgan fingerprint density at radius 2 is 2.20 bits per heavy atom. The largest absolute Gasteiger partial charge is 0.357 e. The van der Waals surface area contributed by atoms with E-state index in [1.54, 1.807) is 23.9 Å². The van der Waals surface area contributed by atoms with Crippen molar-refractivity contribution in [3.63, 3.8) is 0 Å². The van der Waals surface area contributed by atoms with Gasteiger partial charge in [0.25, 0.3) is 0 Å². The van der Waals surface area contributed by atoms with Crippen LogP contribution in [0.4, 0.5) is 4.39 Å². The molecular formula is C15H20FN3S. The molecule has 0 fully saturated rings. The first kappa shape index (κ1) is 16.4. The van der Waals surface area contributed by atoms with Crippen LogP contribution in [0.3, 0.4) is 0 Å². The maximum Gasteiger partial charge on any atom is 0.192 e. The van der Waals surface area contributed by atoms with Gasteiger partial charge in [-0.05, 0) is 36.4 Å². The predicted octanol–water partition coefficient (Wildman–Crippen LogP) is 2.38. The van der Waals surface area contributed by atoms with Crippen LogP contribution in [-0.2, 0) is 12.3 Å². The zero-order chi connectivity index (χ0) is 14.8. The lowest BCUT2D eigenvalue weighted by Gasteiger charge is -2.10. The summed E-state index contributed by atoms with van der Waals surface area (Å²) in [6, 6.07) is 4.83. The van der Waals surface area contributed by atoms with Crippen LogP contribution in [0, 0.1) is 18.2 Å². The second-order valence-corrected chi connectivity index (χ2v) is 4.96. The van der Waals surface area contributed by atoms with Crippen LogP contribution in [0.2, 0.25) is 0 Å². The molecule has 0 saturated heterocycles. The highest BCUT2D eigenvalue weighted by Gasteiger charge is 2.04. The zero-order valence-electron chi connectivity index (χ0n) is 11.9. The molecule has 108 valence electrons. The van der Waals surface area contributed by atoms with Crippen LogP contribution >= 0.6 is 11.8 Å². The third-order valence-electron chi connectivity index (χ3n) is 2.58. The second-order valence-electron chi connectivity index (χ2n) is 4.10. The fourth-order valence-corrected chi connectivity index (χ4v) is 2.26. The van der Waals surface area contributed by atoms with Crippen LogP contribution in [0.25, 0.3) is 0 Å². The minimum Gasteiger partial charge on any atom is -0.357 e. The summed E-state index contributed by atoms with van der Waals surface area (Å²) >= 11 is 1.66. The van der Waals surface area contributed by atoms with E-state index >= 15 is 0 Å². The minimum atomic E-state index is -0.209. The lowest BCUT2D eigenvalue weighted by atomic mass is 10.1. The van der Waals surface area contributed by atoms with Gasteiger partial charge in [-0.2, -0.15) is 11.8 Å². The Morgan fingerprint density at radius 3 is 2.85 bits per heavy atom. The van der Waals surface area contributed by atoms with Gasteiger partial charge in [0, 0.05) is 12.3 Å². The summed E-state index contributed by atoms with van der Waals surface area (Å²) in [5.41, 5.74) is 2.01.